The van der Waals surface area contributed by atoms with Crippen molar-refractivity contribution in [1.29, 1.82) is 0 Å². The van der Waals surface area contributed by atoms with Crippen LogP contribution in [0, 0.1) is 23.3 Å². The van der Waals surface area contributed by atoms with Gasteiger partial charge in [0, 0.05) is 28.6 Å². The van der Waals surface area contributed by atoms with Gasteiger partial charge in [0.2, 0.25) is 11.2 Å². The molecule has 19 heteroatoms. The monoisotopic (exact) mass is 758 g/mol. The van der Waals surface area contributed by atoms with E-state index in [1.807, 2.05) is 0 Å². The summed E-state index contributed by atoms with van der Waals surface area (Å²) in [7, 11) is 0. The number of carboxylic acid groups (broad SMARTS) is 4. The van der Waals surface area contributed by atoms with E-state index in [9.17, 15) is 67.1 Å². The number of aliphatic carboxylic acids is 4. The average molecular weight is 759 g/mol. The molecule has 0 radical (unpaired) electrons. The van der Waals surface area contributed by atoms with E-state index in [1.54, 1.807) is 0 Å². The molecule has 0 atom stereocenters. The summed E-state index contributed by atoms with van der Waals surface area (Å²) < 4.78 is 75.5. The fourth-order valence-electron chi connectivity index (χ4n) is 5.57. The number of hydrogen-bond acceptors (Lipinski definition) is 11. The number of nitrogens with zero attached hydrogens (tertiary/aromatic N) is 2. The lowest BCUT2D eigenvalue weighted by molar-refractivity contribution is -0.138. The number of hydrogen-bond donors (Lipinski definition) is 5. The molecule has 0 saturated carbocycles. The average Bonchev–Trinajstić information content (AvgIpc) is 3.07. The SMILES string of the molecule is O=C(O)CN(CC(=O)O)c1ccc(-c2c3cc(F)c(=O)cc-3oc3cc(O)c(F)cc23)cc1OCCOc1c(N(CC(=O)O)CC(=O)O)ccc(F)c1F. The van der Waals surface area contributed by atoms with Crippen molar-refractivity contribution in [3.63, 3.8) is 0 Å². The van der Waals surface area contributed by atoms with Gasteiger partial charge in [-0.05, 0) is 42.0 Å². The normalized spacial score (nSPS) is 11.0. The van der Waals surface area contributed by atoms with Crippen LogP contribution in [0.2, 0.25) is 0 Å². The van der Waals surface area contributed by atoms with Crippen LogP contribution < -0.4 is 24.7 Å². The zero-order valence-corrected chi connectivity index (χ0v) is 27.3. The molecule has 0 unspecified atom stereocenters. The van der Waals surface area contributed by atoms with E-state index in [4.69, 9.17) is 13.9 Å². The minimum Gasteiger partial charge on any atom is -0.505 e. The second-order valence-corrected chi connectivity index (χ2v) is 11.4. The largest absolute Gasteiger partial charge is 0.505 e. The number of benzene rings is 4. The molecular weight excluding hydrogens is 732 g/mol. The van der Waals surface area contributed by atoms with E-state index < -0.39 is 109 Å². The van der Waals surface area contributed by atoms with Gasteiger partial charge in [0.05, 0.1) is 11.4 Å². The minimum absolute atomic E-state index is 0.0307. The van der Waals surface area contributed by atoms with E-state index in [1.165, 1.54) is 18.2 Å². The number of carbonyl (C=O) groups is 4. The number of fused-ring (bicyclic) bond motifs is 2. The molecule has 0 fully saturated rings. The maximum Gasteiger partial charge on any atom is 0.323 e. The summed E-state index contributed by atoms with van der Waals surface area (Å²) in [6.45, 7) is -4.85. The number of halogens is 4. The van der Waals surface area contributed by atoms with Gasteiger partial charge in [-0.3, -0.25) is 24.0 Å². The van der Waals surface area contributed by atoms with Crippen molar-refractivity contribution >= 4 is 46.2 Å². The first-order valence-corrected chi connectivity index (χ1v) is 15.4. The van der Waals surface area contributed by atoms with Gasteiger partial charge in [0.25, 0.3) is 0 Å². The Morgan fingerprint density at radius 3 is 1.85 bits per heavy atom. The zero-order valence-electron chi connectivity index (χ0n) is 27.3. The van der Waals surface area contributed by atoms with Gasteiger partial charge < -0.3 is 49.2 Å². The van der Waals surface area contributed by atoms with Gasteiger partial charge in [-0.25, -0.2) is 13.2 Å². The molecule has 282 valence electrons. The highest BCUT2D eigenvalue weighted by Gasteiger charge is 2.26. The highest BCUT2D eigenvalue weighted by atomic mass is 19.2. The standard InChI is InChI=1S/C35H26F4N2O13/c36-19-2-4-23(41(14-31(48)49)15-32(50)51)35(34(19)39)53-6-5-52-28-7-16(1-3-22(28)40(12-29(44)45)13-30(46)47)33-17-8-20(37)24(42)10-26(17)54-27-11-25(43)21(38)9-18(27)33/h1-4,7-11,42H,5-6,12-15H2,(H,44,45)(H,46,47)(H,48,49)(H,50,51). The van der Waals surface area contributed by atoms with E-state index in [0.29, 0.717) is 11.0 Å². The van der Waals surface area contributed by atoms with Gasteiger partial charge in [-0.1, -0.05) is 6.07 Å². The molecule has 0 saturated heterocycles. The van der Waals surface area contributed by atoms with Crippen molar-refractivity contribution in [3.8, 4) is 39.7 Å². The Balaban J connectivity index is 1.60. The number of anilines is 2. The molecule has 5 N–H and O–H groups in total. The summed E-state index contributed by atoms with van der Waals surface area (Å²) in [5, 5.41) is 47.5. The number of aromatic hydroxyl groups is 1. The molecule has 0 bridgehead atoms. The zero-order chi connectivity index (χ0) is 39.4. The number of carboxylic acids is 4. The molecule has 1 aliphatic heterocycles. The first-order valence-electron chi connectivity index (χ1n) is 15.4. The van der Waals surface area contributed by atoms with Crippen LogP contribution >= 0.6 is 0 Å². The van der Waals surface area contributed by atoms with Gasteiger partial charge in [-0.2, -0.15) is 4.39 Å². The Labute approximate surface area is 299 Å². The number of phenols is 1. The maximum atomic E-state index is 15.0. The first-order chi connectivity index (χ1) is 25.5. The van der Waals surface area contributed by atoms with Crippen LogP contribution in [0.3, 0.4) is 0 Å². The molecule has 5 rings (SSSR count). The fourth-order valence-corrected chi connectivity index (χ4v) is 5.57. The Hall–Kier alpha value is -7.05. The molecule has 54 heavy (non-hydrogen) atoms. The maximum absolute atomic E-state index is 15.0. The molecule has 3 aromatic rings. The van der Waals surface area contributed by atoms with Crippen LogP contribution in [0.4, 0.5) is 28.9 Å². The van der Waals surface area contributed by atoms with Crippen LogP contribution in [0.25, 0.3) is 33.4 Å². The van der Waals surface area contributed by atoms with Crippen LogP contribution in [0.5, 0.6) is 17.2 Å². The molecule has 0 amide bonds. The smallest absolute Gasteiger partial charge is 0.323 e. The Morgan fingerprint density at radius 2 is 1.24 bits per heavy atom. The lowest BCUT2D eigenvalue weighted by Crippen LogP contribution is -2.35. The van der Waals surface area contributed by atoms with E-state index in [2.05, 4.69) is 0 Å². The van der Waals surface area contributed by atoms with Crippen LogP contribution in [-0.4, -0.2) is 88.8 Å². The number of phenolic OH excluding ortho intramolecular Hbond substituents is 1. The second kappa shape index (κ2) is 15.7. The molecule has 3 aromatic carbocycles. The first kappa shape index (κ1) is 38.2. The quantitative estimate of drug-likeness (QED) is 0.0539. The summed E-state index contributed by atoms with van der Waals surface area (Å²) in [4.78, 5) is 59.9. The molecule has 15 nitrogen and oxygen atoms in total. The van der Waals surface area contributed by atoms with Gasteiger partial charge >= 0.3 is 23.9 Å². The van der Waals surface area contributed by atoms with Gasteiger partial charge in [-0.15, -0.1) is 0 Å². The predicted molar refractivity (Wildman–Crippen MR) is 178 cm³/mol. The molecule has 0 spiro atoms. The summed E-state index contributed by atoms with van der Waals surface area (Å²) in [6, 6.07) is 8.75. The minimum atomic E-state index is -1.59. The van der Waals surface area contributed by atoms with Crippen LogP contribution in [0.15, 0.2) is 63.8 Å². The molecular formula is C35H26F4N2O13. The Kier molecular flexibility index (Phi) is 11.1. The molecule has 0 aromatic heterocycles. The predicted octanol–water partition coefficient (Wildman–Crippen LogP) is 4.24. The third-order valence-corrected chi connectivity index (χ3v) is 7.69. The summed E-state index contributed by atoms with van der Waals surface area (Å²) >= 11 is 0. The lowest BCUT2D eigenvalue weighted by atomic mass is 9.93. The highest BCUT2D eigenvalue weighted by Crippen LogP contribution is 2.44. The van der Waals surface area contributed by atoms with Gasteiger partial charge in [0.1, 0.15) is 56.5 Å². The fraction of sp³-hybridized carbons (Fsp3) is 0.171. The molecule has 1 heterocycles. The van der Waals surface area contributed by atoms with Crippen molar-refractivity contribution in [3.05, 3.63) is 88.1 Å². The Morgan fingerprint density at radius 1 is 0.667 bits per heavy atom. The highest BCUT2D eigenvalue weighted by molar-refractivity contribution is 6.02. The molecule has 1 aliphatic carbocycles. The van der Waals surface area contributed by atoms with Gasteiger partial charge in [0.15, 0.2) is 29.0 Å². The van der Waals surface area contributed by atoms with E-state index in [-0.39, 0.29) is 44.9 Å². The third-order valence-electron chi connectivity index (χ3n) is 7.69. The van der Waals surface area contributed by atoms with Crippen LogP contribution in [0.1, 0.15) is 0 Å². The molecule has 2 aliphatic rings. The van der Waals surface area contributed by atoms with Crippen molar-refractivity contribution in [2.45, 2.75) is 0 Å². The van der Waals surface area contributed by atoms with Crippen molar-refractivity contribution < 1.29 is 76.2 Å². The van der Waals surface area contributed by atoms with Crippen LogP contribution in [-0.2, 0) is 19.2 Å². The van der Waals surface area contributed by atoms with Crippen molar-refractivity contribution in [2.75, 3.05) is 49.2 Å². The Bertz CT molecular complexity index is 2300. The van der Waals surface area contributed by atoms with Crippen molar-refractivity contribution in [2.24, 2.45) is 0 Å². The van der Waals surface area contributed by atoms with Crippen molar-refractivity contribution in [1.82, 2.24) is 0 Å². The summed E-state index contributed by atoms with van der Waals surface area (Å²) in [5.41, 5.74) is -1.70. The van der Waals surface area contributed by atoms with E-state index in [0.717, 1.165) is 35.2 Å². The van der Waals surface area contributed by atoms with E-state index >= 15 is 0 Å². The summed E-state index contributed by atoms with van der Waals surface area (Å²) in [6.07, 6.45) is 0. The number of rotatable bonds is 16. The topological polar surface area (TPSA) is 225 Å². The number of ether oxygens (including phenoxy) is 2. The third kappa shape index (κ3) is 8.35. The lowest BCUT2D eigenvalue weighted by Gasteiger charge is -2.25. The second-order valence-electron chi connectivity index (χ2n) is 11.4. The summed E-state index contributed by atoms with van der Waals surface area (Å²) in [5.74, 6) is -13.4.